The van der Waals surface area contributed by atoms with E-state index in [1.54, 1.807) is 30.3 Å². The van der Waals surface area contributed by atoms with Gasteiger partial charge in [0.25, 0.3) is 0 Å². The first-order valence-corrected chi connectivity index (χ1v) is 6.55. The van der Waals surface area contributed by atoms with Crippen molar-refractivity contribution < 1.29 is 14.3 Å². The average Bonchev–Trinajstić information content (AvgIpc) is 2.33. The molecular weight excluding hydrogens is 336 g/mol. The summed E-state index contributed by atoms with van der Waals surface area (Å²) in [5.41, 5.74) is 0.522. The maximum Gasteiger partial charge on any atom is 0.408 e. The summed E-state index contributed by atoms with van der Waals surface area (Å²) < 4.78 is 2.93. The number of carbonyl (C=O) groups is 2. The number of halogens is 4. The Morgan fingerprint density at radius 1 is 1.21 bits per heavy atom. The zero-order valence-electron chi connectivity index (χ0n) is 9.41. The molecule has 0 bridgehead atoms. The van der Waals surface area contributed by atoms with Gasteiger partial charge in [-0.05, 0) is 17.2 Å². The minimum absolute atomic E-state index is 0.443. The molecule has 0 fully saturated rings. The lowest BCUT2D eigenvalue weighted by Gasteiger charge is -2.16. The molecule has 1 rings (SSSR count). The molecule has 0 aromatic heterocycles. The van der Waals surface area contributed by atoms with E-state index in [4.69, 9.17) is 46.4 Å². The predicted molar refractivity (Wildman–Crippen MR) is 74.8 cm³/mol. The molecule has 0 aliphatic carbocycles. The first-order chi connectivity index (χ1) is 8.79. The number of ether oxygens (including phenoxy) is 1. The van der Waals surface area contributed by atoms with Crippen molar-refractivity contribution in [2.45, 2.75) is 9.83 Å². The second-order valence-corrected chi connectivity index (χ2v) is 6.37. The van der Waals surface area contributed by atoms with Crippen molar-refractivity contribution in [1.29, 1.82) is 0 Å². The van der Waals surface area contributed by atoms with Gasteiger partial charge in [-0.25, -0.2) is 4.79 Å². The van der Waals surface area contributed by atoms with E-state index in [0.717, 1.165) is 0 Å². The van der Waals surface area contributed by atoms with Gasteiger partial charge in [-0.1, -0.05) is 65.1 Å². The fourth-order valence-corrected chi connectivity index (χ4v) is 1.57. The summed E-state index contributed by atoms with van der Waals surface area (Å²) in [6, 6.07) is 7.43. The van der Waals surface area contributed by atoms with Crippen LogP contribution in [0.5, 0.6) is 0 Å². The van der Waals surface area contributed by atoms with E-state index in [1.807, 2.05) is 0 Å². The molecule has 0 aliphatic heterocycles. The standard InChI is InChI=1S/C11H9Cl4NO3/c12-9(17)8(7-4-2-1-3-5-7)16-10(18)19-6-11(13,14)15/h1-5,8H,6H2,(H,16,18). The average molecular weight is 345 g/mol. The first kappa shape index (κ1) is 16.4. The molecule has 0 aliphatic rings. The first-order valence-electron chi connectivity index (χ1n) is 5.04. The smallest absolute Gasteiger partial charge is 0.408 e. The molecule has 0 spiro atoms. The number of nitrogens with one attached hydrogen (secondary N) is 1. The Hall–Kier alpha value is -0.680. The Labute approximate surface area is 129 Å². The monoisotopic (exact) mass is 343 g/mol. The molecule has 1 amide bonds. The highest BCUT2D eigenvalue weighted by Gasteiger charge is 2.25. The van der Waals surface area contributed by atoms with Gasteiger partial charge in [0, 0.05) is 0 Å². The molecular formula is C11H9Cl4NO3. The quantitative estimate of drug-likeness (QED) is 0.670. The van der Waals surface area contributed by atoms with Crippen molar-refractivity contribution in [1.82, 2.24) is 5.32 Å². The Morgan fingerprint density at radius 2 is 1.79 bits per heavy atom. The lowest BCUT2D eigenvalue weighted by molar-refractivity contribution is -0.113. The SMILES string of the molecule is O=C(NC(C(=O)Cl)c1ccccc1)OCC(Cl)(Cl)Cl. The van der Waals surface area contributed by atoms with Crippen molar-refractivity contribution in [3.63, 3.8) is 0 Å². The summed E-state index contributed by atoms with van der Waals surface area (Å²) >= 11 is 21.7. The summed E-state index contributed by atoms with van der Waals surface area (Å²) in [6.45, 7) is -0.443. The topological polar surface area (TPSA) is 55.4 Å². The van der Waals surface area contributed by atoms with Crippen LogP contribution in [0.1, 0.15) is 11.6 Å². The van der Waals surface area contributed by atoms with Crippen LogP contribution in [0.25, 0.3) is 0 Å². The van der Waals surface area contributed by atoms with Gasteiger partial charge >= 0.3 is 6.09 Å². The third-order valence-corrected chi connectivity index (χ3v) is 2.53. The number of carbonyl (C=O) groups excluding carboxylic acids is 2. The summed E-state index contributed by atoms with van der Waals surface area (Å²) in [7, 11) is 0. The Balaban J connectivity index is 2.65. The predicted octanol–water partition coefficient (Wildman–Crippen LogP) is 3.59. The largest absolute Gasteiger partial charge is 0.445 e. The van der Waals surface area contributed by atoms with Gasteiger partial charge in [-0.2, -0.15) is 0 Å². The highest BCUT2D eigenvalue weighted by molar-refractivity contribution is 6.67. The van der Waals surface area contributed by atoms with Crippen LogP contribution in [0.15, 0.2) is 30.3 Å². The highest BCUT2D eigenvalue weighted by Crippen LogP contribution is 2.26. The van der Waals surface area contributed by atoms with Gasteiger partial charge in [-0.3, -0.25) is 4.79 Å². The number of alkyl carbamates (subject to hydrolysis) is 1. The van der Waals surface area contributed by atoms with Crippen LogP contribution >= 0.6 is 46.4 Å². The van der Waals surface area contributed by atoms with Crippen molar-refractivity contribution in [2.75, 3.05) is 6.61 Å². The normalized spacial score (nSPS) is 12.6. The Kier molecular flexibility index (Phi) is 6.20. The number of benzene rings is 1. The minimum atomic E-state index is -1.72. The number of hydrogen-bond acceptors (Lipinski definition) is 3. The van der Waals surface area contributed by atoms with E-state index in [2.05, 4.69) is 10.1 Å². The molecule has 1 aromatic carbocycles. The van der Waals surface area contributed by atoms with Gasteiger partial charge in [0.1, 0.15) is 12.6 Å². The number of alkyl halides is 3. The van der Waals surface area contributed by atoms with Crippen LogP contribution in [0.4, 0.5) is 4.79 Å². The summed E-state index contributed by atoms with van der Waals surface area (Å²) in [5.74, 6) is 0. The van der Waals surface area contributed by atoms with Crippen LogP contribution in [-0.2, 0) is 9.53 Å². The fourth-order valence-electron chi connectivity index (χ4n) is 1.22. The molecule has 0 saturated carbocycles. The summed E-state index contributed by atoms with van der Waals surface area (Å²) in [6.07, 6.45) is -0.908. The van der Waals surface area contributed by atoms with Crippen molar-refractivity contribution in [3.8, 4) is 0 Å². The zero-order chi connectivity index (χ0) is 14.5. The van der Waals surface area contributed by atoms with Crippen molar-refractivity contribution in [3.05, 3.63) is 35.9 Å². The Morgan fingerprint density at radius 3 is 2.26 bits per heavy atom. The fraction of sp³-hybridized carbons (Fsp3) is 0.273. The third-order valence-electron chi connectivity index (χ3n) is 1.99. The van der Waals surface area contributed by atoms with Crippen LogP contribution in [0.3, 0.4) is 0 Å². The van der Waals surface area contributed by atoms with Gasteiger partial charge in [0.2, 0.25) is 9.03 Å². The maximum atomic E-state index is 11.5. The van der Waals surface area contributed by atoms with E-state index >= 15 is 0 Å². The van der Waals surface area contributed by atoms with E-state index in [-0.39, 0.29) is 0 Å². The summed E-state index contributed by atoms with van der Waals surface area (Å²) in [5, 5.41) is 1.53. The number of amides is 1. The molecule has 0 heterocycles. The van der Waals surface area contributed by atoms with Crippen LogP contribution in [0, 0.1) is 0 Å². The highest BCUT2D eigenvalue weighted by atomic mass is 35.6. The van der Waals surface area contributed by atoms with Gasteiger partial charge in [0.05, 0.1) is 0 Å². The second-order valence-electron chi connectivity index (χ2n) is 3.48. The molecule has 4 nitrogen and oxygen atoms in total. The van der Waals surface area contributed by atoms with E-state index < -0.39 is 27.8 Å². The molecule has 19 heavy (non-hydrogen) atoms. The molecule has 0 radical (unpaired) electrons. The Bertz CT molecular complexity index is 447. The lowest BCUT2D eigenvalue weighted by atomic mass is 10.1. The van der Waals surface area contributed by atoms with Gasteiger partial charge < -0.3 is 10.1 Å². The maximum absolute atomic E-state index is 11.5. The van der Waals surface area contributed by atoms with E-state index in [0.29, 0.717) is 5.56 Å². The van der Waals surface area contributed by atoms with Crippen LogP contribution < -0.4 is 5.32 Å². The number of hydrogen-bond donors (Lipinski definition) is 1. The summed E-state index contributed by atoms with van der Waals surface area (Å²) in [4.78, 5) is 22.8. The molecule has 0 saturated heterocycles. The van der Waals surface area contributed by atoms with Crippen molar-refractivity contribution in [2.24, 2.45) is 0 Å². The zero-order valence-corrected chi connectivity index (χ0v) is 12.4. The van der Waals surface area contributed by atoms with Crippen molar-refractivity contribution >= 4 is 57.7 Å². The molecule has 1 aromatic rings. The van der Waals surface area contributed by atoms with Crippen LogP contribution in [-0.4, -0.2) is 21.7 Å². The molecule has 1 atom stereocenters. The minimum Gasteiger partial charge on any atom is -0.445 e. The molecule has 104 valence electrons. The van der Waals surface area contributed by atoms with E-state index in [1.165, 1.54) is 0 Å². The molecule has 1 unspecified atom stereocenters. The lowest BCUT2D eigenvalue weighted by Crippen LogP contribution is -2.34. The molecule has 1 N–H and O–H groups in total. The van der Waals surface area contributed by atoms with Gasteiger partial charge in [-0.15, -0.1) is 0 Å². The molecule has 8 heteroatoms. The third kappa shape index (κ3) is 6.34. The second kappa shape index (κ2) is 7.20. The van der Waals surface area contributed by atoms with Crippen LogP contribution in [0.2, 0.25) is 0 Å². The van der Waals surface area contributed by atoms with E-state index in [9.17, 15) is 9.59 Å². The number of rotatable bonds is 4. The van der Waals surface area contributed by atoms with Gasteiger partial charge in [0.15, 0.2) is 0 Å².